The Morgan fingerprint density at radius 1 is 1.16 bits per heavy atom. The molecule has 2 heterocycles. The zero-order valence-corrected chi connectivity index (χ0v) is 20.3. The quantitative estimate of drug-likeness (QED) is 0.565. The molecular formula is C28H40N2O2. The molecule has 32 heavy (non-hydrogen) atoms. The molecule has 0 aromatic carbocycles. The third kappa shape index (κ3) is 2.74. The molecule has 5 aliphatic rings. The first-order chi connectivity index (χ1) is 15.3. The van der Waals surface area contributed by atoms with Crippen LogP contribution in [0.5, 0.6) is 0 Å². The molecule has 8 atom stereocenters. The minimum Gasteiger partial charge on any atom is -0.459 e. The Kier molecular flexibility index (Phi) is 4.74. The predicted octanol–water partition coefficient (Wildman–Crippen LogP) is 5.61. The molecule has 8 unspecified atom stereocenters. The molecule has 1 aliphatic heterocycles. The van der Waals surface area contributed by atoms with Crippen LogP contribution in [0.2, 0.25) is 0 Å². The Morgan fingerprint density at radius 2 is 1.97 bits per heavy atom. The van der Waals surface area contributed by atoms with Crippen molar-refractivity contribution in [3.8, 4) is 0 Å². The van der Waals surface area contributed by atoms with Crippen molar-refractivity contribution in [3.63, 3.8) is 0 Å². The van der Waals surface area contributed by atoms with E-state index in [1.807, 2.05) is 11.9 Å². The van der Waals surface area contributed by atoms with Crippen molar-refractivity contribution in [2.45, 2.75) is 77.3 Å². The maximum atomic E-state index is 12.9. The van der Waals surface area contributed by atoms with Gasteiger partial charge in [0.05, 0.1) is 6.26 Å². The third-order valence-corrected chi connectivity index (χ3v) is 11.3. The number of nitrogens with zero attached hydrogens (tertiary/aromatic N) is 2. The van der Waals surface area contributed by atoms with Gasteiger partial charge in [0.2, 0.25) is 0 Å². The normalized spacial score (nSPS) is 45.4. The maximum absolute atomic E-state index is 12.9. The van der Waals surface area contributed by atoms with E-state index in [9.17, 15) is 4.79 Å². The molecule has 4 aliphatic carbocycles. The number of rotatable bonds is 2. The summed E-state index contributed by atoms with van der Waals surface area (Å²) in [6.07, 6.45) is 14.6. The second kappa shape index (κ2) is 7.22. The molecule has 4 heteroatoms. The maximum Gasteiger partial charge on any atom is 0.289 e. The lowest BCUT2D eigenvalue weighted by Gasteiger charge is -2.58. The number of hydrogen-bond acceptors (Lipinski definition) is 3. The monoisotopic (exact) mass is 436 g/mol. The van der Waals surface area contributed by atoms with Gasteiger partial charge < -0.3 is 14.2 Å². The van der Waals surface area contributed by atoms with Crippen molar-refractivity contribution >= 4 is 5.91 Å². The first-order valence-electron chi connectivity index (χ1n) is 13.1. The van der Waals surface area contributed by atoms with Crippen LogP contribution in [0.15, 0.2) is 34.5 Å². The summed E-state index contributed by atoms with van der Waals surface area (Å²) in [5.41, 5.74) is 2.59. The van der Waals surface area contributed by atoms with E-state index < -0.39 is 0 Å². The molecule has 1 amide bonds. The van der Waals surface area contributed by atoms with Gasteiger partial charge in [-0.05, 0) is 112 Å². The van der Waals surface area contributed by atoms with Crippen LogP contribution in [-0.2, 0) is 0 Å². The molecule has 4 nitrogen and oxygen atoms in total. The highest BCUT2D eigenvalue weighted by Crippen LogP contribution is 2.68. The van der Waals surface area contributed by atoms with Gasteiger partial charge >= 0.3 is 0 Å². The number of hydrogen-bond donors (Lipinski definition) is 0. The first-order valence-corrected chi connectivity index (χ1v) is 13.1. The smallest absolute Gasteiger partial charge is 0.289 e. The molecule has 1 aromatic rings. The van der Waals surface area contributed by atoms with Crippen molar-refractivity contribution in [1.29, 1.82) is 0 Å². The number of fused-ring (bicyclic) bond motifs is 4. The predicted molar refractivity (Wildman–Crippen MR) is 126 cm³/mol. The average Bonchev–Trinajstić information content (AvgIpc) is 3.49. The number of allylic oxidation sites excluding steroid dienone is 1. The zero-order valence-electron chi connectivity index (χ0n) is 20.3. The standard InChI is InChI=1S/C28H40N2O2/c1-18-22-9-10-24-21-8-7-19-16-20(30(4)26(31)25-6-5-15-32-25)11-13-27(19,2)23(21)12-14-28(22,24)17-29(18)3/h5-7,15,18,20-24H,8-14,16-17H2,1-4H3. The largest absolute Gasteiger partial charge is 0.459 e. The Labute approximate surface area is 193 Å². The Bertz CT molecular complexity index is 922. The number of carbonyl (C=O) groups excluding carboxylic acids is 1. The summed E-state index contributed by atoms with van der Waals surface area (Å²) < 4.78 is 5.38. The fourth-order valence-corrected chi connectivity index (χ4v) is 9.51. The average molecular weight is 437 g/mol. The molecule has 0 bridgehead atoms. The SMILES string of the molecule is CC1C2CCC3C4CC=C5CC(N(C)C(=O)c6ccco6)CCC5(C)C4CCC32CN1C. The first kappa shape index (κ1) is 21.0. The fourth-order valence-electron chi connectivity index (χ4n) is 9.51. The van der Waals surface area contributed by atoms with Crippen LogP contribution in [0.25, 0.3) is 0 Å². The van der Waals surface area contributed by atoms with Gasteiger partial charge in [-0.3, -0.25) is 4.79 Å². The lowest BCUT2D eigenvalue weighted by Crippen LogP contribution is -2.53. The van der Waals surface area contributed by atoms with Crippen LogP contribution in [0.4, 0.5) is 0 Å². The van der Waals surface area contributed by atoms with E-state index in [0.29, 0.717) is 22.6 Å². The summed E-state index contributed by atoms with van der Waals surface area (Å²) in [6.45, 7) is 6.39. The molecule has 4 fully saturated rings. The number of furan rings is 1. The molecule has 0 radical (unpaired) electrons. The van der Waals surface area contributed by atoms with Gasteiger partial charge in [-0.1, -0.05) is 18.6 Å². The van der Waals surface area contributed by atoms with E-state index in [-0.39, 0.29) is 5.91 Å². The lowest BCUT2D eigenvalue weighted by atomic mass is 9.47. The van der Waals surface area contributed by atoms with Crippen LogP contribution >= 0.6 is 0 Å². The number of amides is 1. The summed E-state index contributed by atoms with van der Waals surface area (Å²) in [5, 5.41) is 0. The van der Waals surface area contributed by atoms with Gasteiger partial charge in [-0.15, -0.1) is 0 Å². The van der Waals surface area contributed by atoms with E-state index >= 15 is 0 Å². The summed E-state index contributed by atoms with van der Waals surface area (Å²) in [5.74, 6) is 4.05. The topological polar surface area (TPSA) is 36.7 Å². The molecule has 174 valence electrons. The fraction of sp³-hybridized carbons (Fsp3) is 0.750. The highest BCUT2D eigenvalue weighted by atomic mass is 16.3. The molecule has 0 N–H and O–H groups in total. The van der Waals surface area contributed by atoms with Crippen molar-refractivity contribution in [1.82, 2.24) is 9.80 Å². The molecular weight excluding hydrogens is 396 g/mol. The zero-order chi connectivity index (χ0) is 22.3. The summed E-state index contributed by atoms with van der Waals surface area (Å²) in [6, 6.07) is 4.64. The van der Waals surface area contributed by atoms with Crippen LogP contribution in [0.1, 0.15) is 75.8 Å². The minimum atomic E-state index is 0.0222. The number of likely N-dealkylation sites (tertiary alicyclic amines) is 1. The molecule has 3 saturated carbocycles. The minimum absolute atomic E-state index is 0.0222. The Hall–Kier alpha value is -1.55. The second-order valence-electron chi connectivity index (χ2n) is 12.2. The van der Waals surface area contributed by atoms with Gasteiger partial charge in [0, 0.05) is 25.7 Å². The van der Waals surface area contributed by atoms with Crippen molar-refractivity contribution in [2.75, 3.05) is 20.6 Å². The third-order valence-electron chi connectivity index (χ3n) is 11.3. The van der Waals surface area contributed by atoms with Crippen LogP contribution in [0, 0.1) is 34.5 Å². The molecule has 1 aromatic heterocycles. The van der Waals surface area contributed by atoms with Gasteiger partial charge in [0.1, 0.15) is 0 Å². The Balaban J connectivity index is 1.23. The van der Waals surface area contributed by atoms with Crippen molar-refractivity contribution in [3.05, 3.63) is 35.8 Å². The van der Waals surface area contributed by atoms with Gasteiger partial charge in [-0.25, -0.2) is 0 Å². The molecule has 1 saturated heterocycles. The van der Waals surface area contributed by atoms with Crippen molar-refractivity contribution < 1.29 is 9.21 Å². The summed E-state index contributed by atoms with van der Waals surface area (Å²) in [7, 11) is 4.33. The van der Waals surface area contributed by atoms with Crippen molar-refractivity contribution in [2.24, 2.45) is 34.5 Å². The van der Waals surface area contributed by atoms with E-state index in [0.717, 1.165) is 42.6 Å². The summed E-state index contributed by atoms with van der Waals surface area (Å²) in [4.78, 5) is 17.5. The molecule has 6 rings (SSSR count). The highest BCUT2D eigenvalue weighted by molar-refractivity contribution is 5.91. The van der Waals surface area contributed by atoms with E-state index in [2.05, 4.69) is 31.9 Å². The summed E-state index contributed by atoms with van der Waals surface area (Å²) >= 11 is 0. The second-order valence-corrected chi connectivity index (χ2v) is 12.2. The van der Waals surface area contributed by atoms with Gasteiger partial charge in [0.25, 0.3) is 5.91 Å². The highest BCUT2D eigenvalue weighted by Gasteiger charge is 2.64. The van der Waals surface area contributed by atoms with E-state index in [4.69, 9.17) is 4.42 Å². The van der Waals surface area contributed by atoms with E-state index in [1.165, 1.54) is 45.1 Å². The van der Waals surface area contributed by atoms with E-state index in [1.54, 1.807) is 24.0 Å². The van der Waals surface area contributed by atoms with Gasteiger partial charge in [-0.2, -0.15) is 0 Å². The van der Waals surface area contributed by atoms with Crippen LogP contribution in [0.3, 0.4) is 0 Å². The Morgan fingerprint density at radius 3 is 2.75 bits per heavy atom. The van der Waals surface area contributed by atoms with Crippen LogP contribution in [-0.4, -0.2) is 48.4 Å². The molecule has 1 spiro atoms. The van der Waals surface area contributed by atoms with Crippen LogP contribution < -0.4 is 0 Å². The van der Waals surface area contributed by atoms with Gasteiger partial charge in [0.15, 0.2) is 5.76 Å². The number of carbonyl (C=O) groups is 1. The lowest BCUT2D eigenvalue weighted by molar-refractivity contribution is -0.0431.